The Hall–Kier alpha value is -1.64. The number of carbonyl (C=O) groups is 1. The number of hydrogen-bond donors (Lipinski definition) is 0. The predicted molar refractivity (Wildman–Crippen MR) is 93.7 cm³/mol. The van der Waals surface area contributed by atoms with Gasteiger partial charge in [-0.05, 0) is 49.5 Å². The molecule has 0 N–H and O–H groups in total. The standard InChI is InChI=1S/C20H20ClNO/c21-18-8-4-3-7-17(18)16-6-2-1-5-15(16)13-19-20(23)14-9-11-22(19)12-10-14/h1-8,14,19H,9-13H2. The normalized spacial score (nSPS) is 26.5. The van der Waals surface area contributed by atoms with Gasteiger partial charge in [0.25, 0.3) is 0 Å². The van der Waals surface area contributed by atoms with E-state index in [0.29, 0.717) is 5.78 Å². The first-order valence-corrected chi connectivity index (χ1v) is 8.72. The molecule has 0 aliphatic carbocycles. The van der Waals surface area contributed by atoms with E-state index in [2.05, 4.69) is 29.2 Å². The maximum absolute atomic E-state index is 12.6. The van der Waals surface area contributed by atoms with E-state index in [1.807, 2.05) is 24.3 Å². The van der Waals surface area contributed by atoms with E-state index in [1.54, 1.807) is 0 Å². The second-order valence-electron chi connectivity index (χ2n) is 6.57. The van der Waals surface area contributed by atoms with Crippen LogP contribution in [0.5, 0.6) is 0 Å². The maximum atomic E-state index is 12.6. The van der Waals surface area contributed by atoms with Crippen molar-refractivity contribution in [2.45, 2.75) is 25.3 Å². The third kappa shape index (κ3) is 2.71. The largest absolute Gasteiger partial charge is 0.298 e. The van der Waals surface area contributed by atoms with E-state index in [4.69, 9.17) is 11.6 Å². The molecule has 23 heavy (non-hydrogen) atoms. The second kappa shape index (κ2) is 6.10. The lowest BCUT2D eigenvalue weighted by molar-refractivity contribution is -0.136. The molecule has 118 valence electrons. The van der Waals surface area contributed by atoms with E-state index >= 15 is 0 Å². The molecule has 2 bridgehead atoms. The van der Waals surface area contributed by atoms with Crippen molar-refractivity contribution in [3.8, 4) is 11.1 Å². The molecule has 2 nitrogen and oxygen atoms in total. The molecule has 0 aromatic heterocycles. The second-order valence-corrected chi connectivity index (χ2v) is 6.98. The molecule has 3 heterocycles. The van der Waals surface area contributed by atoms with Gasteiger partial charge >= 0.3 is 0 Å². The molecular weight excluding hydrogens is 306 g/mol. The zero-order chi connectivity index (χ0) is 15.8. The van der Waals surface area contributed by atoms with Gasteiger partial charge < -0.3 is 0 Å². The van der Waals surface area contributed by atoms with Crippen molar-refractivity contribution in [3.05, 3.63) is 59.1 Å². The number of halogens is 1. The quantitative estimate of drug-likeness (QED) is 0.842. The Bertz CT molecular complexity index is 734. The van der Waals surface area contributed by atoms with Crippen LogP contribution in [-0.2, 0) is 11.2 Å². The van der Waals surface area contributed by atoms with Gasteiger partial charge in [-0.15, -0.1) is 0 Å². The molecule has 3 heteroatoms. The Kier molecular flexibility index (Phi) is 3.96. The lowest BCUT2D eigenvalue weighted by Gasteiger charge is -2.44. The molecule has 0 amide bonds. The molecule has 0 saturated carbocycles. The molecule has 1 unspecified atom stereocenters. The highest BCUT2D eigenvalue weighted by Gasteiger charge is 2.40. The van der Waals surface area contributed by atoms with Gasteiger partial charge in [-0.25, -0.2) is 0 Å². The molecule has 3 fully saturated rings. The SMILES string of the molecule is O=C1C2CCN(CC2)C1Cc1ccccc1-c1ccccc1Cl. The van der Waals surface area contributed by atoms with Gasteiger partial charge in [0, 0.05) is 16.5 Å². The molecule has 3 aliphatic rings. The molecule has 5 rings (SSSR count). The monoisotopic (exact) mass is 325 g/mol. The van der Waals surface area contributed by atoms with Crippen LogP contribution >= 0.6 is 11.6 Å². The summed E-state index contributed by atoms with van der Waals surface area (Å²) in [6.45, 7) is 2.13. The van der Waals surface area contributed by atoms with Crippen LogP contribution in [0.25, 0.3) is 11.1 Å². The molecule has 0 radical (unpaired) electrons. The summed E-state index contributed by atoms with van der Waals surface area (Å²) in [6, 6.07) is 16.3. The Balaban J connectivity index is 1.68. The molecule has 3 aliphatic heterocycles. The first-order valence-electron chi connectivity index (χ1n) is 8.34. The fourth-order valence-electron chi connectivity index (χ4n) is 4.03. The number of benzene rings is 2. The highest BCUT2D eigenvalue weighted by Crippen LogP contribution is 2.34. The zero-order valence-electron chi connectivity index (χ0n) is 13.0. The fraction of sp³-hybridized carbons (Fsp3) is 0.350. The van der Waals surface area contributed by atoms with Gasteiger partial charge in [0.05, 0.1) is 6.04 Å². The molecular formula is C20H20ClNO. The van der Waals surface area contributed by atoms with Gasteiger partial charge in [0.1, 0.15) is 0 Å². The van der Waals surface area contributed by atoms with Crippen LogP contribution in [0.4, 0.5) is 0 Å². The molecule has 3 saturated heterocycles. The lowest BCUT2D eigenvalue weighted by atomic mass is 9.79. The van der Waals surface area contributed by atoms with Crippen LogP contribution in [0.1, 0.15) is 18.4 Å². The number of nitrogens with zero attached hydrogens (tertiary/aromatic N) is 1. The van der Waals surface area contributed by atoms with Crippen molar-refractivity contribution in [1.29, 1.82) is 0 Å². The highest BCUT2D eigenvalue weighted by molar-refractivity contribution is 6.33. The van der Waals surface area contributed by atoms with Crippen molar-refractivity contribution in [3.63, 3.8) is 0 Å². The first-order chi connectivity index (χ1) is 11.2. The summed E-state index contributed by atoms with van der Waals surface area (Å²) in [5.74, 6) is 0.730. The summed E-state index contributed by atoms with van der Waals surface area (Å²) >= 11 is 6.39. The van der Waals surface area contributed by atoms with E-state index in [9.17, 15) is 4.79 Å². The Labute approximate surface area is 142 Å². The Morgan fingerprint density at radius 2 is 1.61 bits per heavy atom. The van der Waals surface area contributed by atoms with Crippen LogP contribution in [0.15, 0.2) is 48.5 Å². The van der Waals surface area contributed by atoms with Gasteiger partial charge in [-0.1, -0.05) is 54.1 Å². The van der Waals surface area contributed by atoms with Crippen molar-refractivity contribution in [2.24, 2.45) is 5.92 Å². The minimum absolute atomic E-state index is 0.0473. The topological polar surface area (TPSA) is 20.3 Å². The van der Waals surface area contributed by atoms with E-state index < -0.39 is 0 Å². The van der Waals surface area contributed by atoms with Crippen molar-refractivity contribution in [1.82, 2.24) is 4.90 Å². The van der Waals surface area contributed by atoms with Crippen LogP contribution < -0.4 is 0 Å². The summed E-state index contributed by atoms with van der Waals surface area (Å²) in [6.07, 6.45) is 2.87. The van der Waals surface area contributed by atoms with Crippen LogP contribution in [-0.4, -0.2) is 29.8 Å². The maximum Gasteiger partial charge on any atom is 0.153 e. The minimum Gasteiger partial charge on any atom is -0.298 e. The number of piperidine rings is 3. The van der Waals surface area contributed by atoms with Gasteiger partial charge in [-0.3, -0.25) is 9.69 Å². The fourth-order valence-corrected chi connectivity index (χ4v) is 4.26. The minimum atomic E-state index is 0.0473. The van der Waals surface area contributed by atoms with Crippen LogP contribution in [0, 0.1) is 5.92 Å². The number of carbonyl (C=O) groups excluding carboxylic acids is 1. The van der Waals surface area contributed by atoms with Crippen LogP contribution in [0.3, 0.4) is 0 Å². The summed E-state index contributed by atoms with van der Waals surface area (Å²) in [7, 11) is 0. The number of Topliss-reactive ketones (excluding diaryl/α,β-unsaturated/α-hetero) is 1. The van der Waals surface area contributed by atoms with Gasteiger partial charge in [-0.2, -0.15) is 0 Å². The van der Waals surface area contributed by atoms with Crippen molar-refractivity contribution >= 4 is 17.4 Å². The average Bonchev–Trinajstić information content (AvgIpc) is 2.59. The van der Waals surface area contributed by atoms with Gasteiger partial charge in [0.15, 0.2) is 5.78 Å². The Morgan fingerprint density at radius 1 is 0.957 bits per heavy atom. The summed E-state index contributed by atoms with van der Waals surface area (Å²) in [5.41, 5.74) is 3.41. The third-order valence-corrected chi connectivity index (χ3v) is 5.63. The molecule has 2 aromatic carbocycles. The predicted octanol–water partition coefficient (Wildman–Crippen LogP) is 4.21. The smallest absolute Gasteiger partial charge is 0.153 e. The number of rotatable bonds is 3. The third-order valence-electron chi connectivity index (χ3n) is 5.30. The summed E-state index contributed by atoms with van der Waals surface area (Å²) in [5, 5.41) is 0.761. The molecule has 1 atom stereocenters. The highest BCUT2D eigenvalue weighted by atomic mass is 35.5. The molecule has 0 spiro atoms. The lowest BCUT2D eigenvalue weighted by Crippen LogP contribution is -2.56. The average molecular weight is 326 g/mol. The zero-order valence-corrected chi connectivity index (χ0v) is 13.8. The number of hydrogen-bond acceptors (Lipinski definition) is 2. The van der Waals surface area contributed by atoms with E-state index in [0.717, 1.165) is 48.5 Å². The van der Waals surface area contributed by atoms with Crippen molar-refractivity contribution in [2.75, 3.05) is 13.1 Å². The Morgan fingerprint density at radius 3 is 2.30 bits per heavy atom. The van der Waals surface area contributed by atoms with Gasteiger partial charge in [0.2, 0.25) is 0 Å². The van der Waals surface area contributed by atoms with E-state index in [-0.39, 0.29) is 12.0 Å². The van der Waals surface area contributed by atoms with Crippen molar-refractivity contribution < 1.29 is 4.79 Å². The molecule has 2 aromatic rings. The van der Waals surface area contributed by atoms with Crippen LogP contribution in [0.2, 0.25) is 5.02 Å². The number of fused-ring (bicyclic) bond motifs is 3. The summed E-state index contributed by atoms with van der Waals surface area (Å²) in [4.78, 5) is 15.0. The van der Waals surface area contributed by atoms with E-state index in [1.165, 1.54) is 5.56 Å². The summed E-state index contributed by atoms with van der Waals surface area (Å²) < 4.78 is 0. The number of ketones is 1. The first kappa shape index (κ1) is 14.9.